The molecule has 0 bridgehead atoms. The van der Waals surface area contributed by atoms with Crippen molar-refractivity contribution in [3.8, 4) is 131 Å². The first-order valence-electron chi connectivity index (χ1n) is 38.2. The zero-order valence-electron chi connectivity index (χ0n) is 66.1. The van der Waals surface area contributed by atoms with Crippen molar-refractivity contribution >= 4 is 59.7 Å². The first-order chi connectivity index (χ1) is 63.1. The molecule has 52 heteroatoms. The Morgan fingerprint density at radius 1 is 0.328 bits per heavy atom. The van der Waals surface area contributed by atoms with Gasteiger partial charge in [0.2, 0.25) is 59.3 Å². The van der Waals surface area contributed by atoms with Crippen molar-refractivity contribution in [3.63, 3.8) is 0 Å². The summed E-state index contributed by atoms with van der Waals surface area (Å²) in [6.07, 6.45) is -35.3. The van der Waals surface area contributed by atoms with E-state index in [1.807, 2.05) is 0 Å². The molecule has 10 aliphatic rings. The van der Waals surface area contributed by atoms with Crippen LogP contribution in [0.1, 0.15) is 75.0 Å². The molecular formula is C82H62O52. The van der Waals surface area contributed by atoms with Crippen LogP contribution in [-0.4, -0.2) is 295 Å². The van der Waals surface area contributed by atoms with Gasteiger partial charge >= 0.3 is 59.7 Å². The molecule has 6 aromatic rings. The number of aliphatic hydroxyl groups is 12. The minimum atomic E-state index is -3.01. The third kappa shape index (κ3) is 14.3. The van der Waals surface area contributed by atoms with Crippen molar-refractivity contribution in [2.75, 3.05) is 13.2 Å². The fourth-order valence-corrected chi connectivity index (χ4v) is 16.5. The minimum Gasteiger partial charge on any atom is -0.508 e. The van der Waals surface area contributed by atoms with Crippen LogP contribution in [0.4, 0.5) is 0 Å². The molecule has 16 rings (SSSR count). The molecule has 52 nitrogen and oxygen atoms in total. The Morgan fingerprint density at radius 2 is 0.679 bits per heavy atom. The van der Waals surface area contributed by atoms with Crippen LogP contribution in [0.3, 0.4) is 0 Å². The summed E-state index contributed by atoms with van der Waals surface area (Å²) in [6, 6.07) is 2.14. The van der Waals surface area contributed by atoms with Gasteiger partial charge in [-0.2, -0.15) is 0 Å². The van der Waals surface area contributed by atoms with Crippen LogP contribution in [-0.2, 0) is 76.0 Å². The lowest BCUT2D eigenvalue weighted by molar-refractivity contribution is -0.291. The van der Waals surface area contributed by atoms with Crippen molar-refractivity contribution in [3.05, 3.63) is 168 Å². The Balaban J connectivity index is 0.839. The Kier molecular flexibility index (Phi) is 21.7. The van der Waals surface area contributed by atoms with Crippen LogP contribution in [0.15, 0.2) is 135 Å². The van der Waals surface area contributed by atoms with E-state index in [1.54, 1.807) is 0 Å². The summed E-state index contributed by atoms with van der Waals surface area (Å²) in [5.41, 5.74) is -18.1. The molecule has 0 amide bonds. The summed E-state index contributed by atoms with van der Waals surface area (Å²) >= 11 is 0. The molecule has 134 heavy (non-hydrogen) atoms. The van der Waals surface area contributed by atoms with Gasteiger partial charge in [-0.15, -0.1) is 0 Å². The number of hydrogen-bond acceptors (Lipinski definition) is 52. The van der Waals surface area contributed by atoms with Crippen LogP contribution in [0.5, 0.6) is 109 Å². The second kappa shape index (κ2) is 32.4. The summed E-state index contributed by atoms with van der Waals surface area (Å²) in [5, 5.41) is 325. The molecule has 6 heterocycles. The number of carbonyl (C=O) groups is 10. The number of cyclic esters (lactones) is 2. The maximum atomic E-state index is 16.2. The number of ether oxygens (including phenoxy) is 13. The van der Waals surface area contributed by atoms with Crippen LogP contribution in [0.2, 0.25) is 0 Å². The normalized spacial score (nSPS) is 26.4. The van der Waals surface area contributed by atoms with Gasteiger partial charge in [0.1, 0.15) is 54.7 Å². The smallest absolute Gasteiger partial charge is 0.343 e. The van der Waals surface area contributed by atoms with E-state index in [9.17, 15) is 162 Å². The highest BCUT2D eigenvalue weighted by molar-refractivity contribution is 6.12. The molecule has 0 saturated carbocycles. The van der Waals surface area contributed by atoms with Gasteiger partial charge in [-0.1, -0.05) is 0 Å². The SMILES string of the molecule is O=C1OC2C(OC(=O)c3cc(O)c(O)c(Oc4c(O)c(O)c(O)c5c4C(=O)OC4C(COC(=O)c6cc(O)c(O)c(O)c6-5)OC(OC(=O)c5cc(O)c(O)c(O)c5)C5OC(=O)C6=CC(O)=C(O)C(O)C6C6=C(O)C(O)=C(O)CC6C(=O)OC45)c3)OC3COC(=O)c4cc(O)c(O)c(O)c4-c4c(cc(O)c(O)c4O)C(=O)OC3C2OC(=O)C2CC(O)=C(O)C(O)=C2C2C1=CC(O)=C(O)C2O. The molecule has 4 aliphatic carbocycles. The number of aromatic hydroxyl groups is 17. The van der Waals surface area contributed by atoms with Gasteiger partial charge < -0.3 is 210 Å². The highest BCUT2D eigenvalue weighted by atomic mass is 16.8. The summed E-state index contributed by atoms with van der Waals surface area (Å²) in [7, 11) is 0. The summed E-state index contributed by atoms with van der Waals surface area (Å²) < 4.78 is 75.5. The Morgan fingerprint density at radius 3 is 1.09 bits per heavy atom. The largest absolute Gasteiger partial charge is 0.508 e. The molecule has 0 radical (unpaired) electrons. The molecule has 702 valence electrons. The van der Waals surface area contributed by atoms with Gasteiger partial charge in [-0.3, -0.25) is 9.59 Å². The average molecular weight is 1880 g/mol. The molecule has 0 spiro atoms. The number of rotatable bonds is 6. The lowest BCUT2D eigenvalue weighted by atomic mass is 9.72. The number of benzene rings is 6. The summed E-state index contributed by atoms with van der Waals surface area (Å²) in [5.74, 6) is -74.3. The van der Waals surface area contributed by atoms with E-state index in [0.717, 1.165) is 0 Å². The van der Waals surface area contributed by atoms with Gasteiger partial charge in [0.05, 0.1) is 68.2 Å². The van der Waals surface area contributed by atoms with Crippen molar-refractivity contribution in [2.45, 2.75) is 86.5 Å². The number of phenols is 17. The van der Waals surface area contributed by atoms with E-state index in [0.29, 0.717) is 30.4 Å². The van der Waals surface area contributed by atoms with Crippen LogP contribution in [0, 0.1) is 23.7 Å². The number of aliphatic hydroxyl groups excluding tert-OH is 12. The first-order valence-corrected chi connectivity index (χ1v) is 38.2. The van der Waals surface area contributed by atoms with Crippen molar-refractivity contribution in [2.24, 2.45) is 23.7 Å². The first kappa shape index (κ1) is 89.6. The molecular weight excluding hydrogens is 1820 g/mol. The van der Waals surface area contributed by atoms with E-state index >= 15 is 33.6 Å². The third-order valence-electron chi connectivity index (χ3n) is 22.9. The van der Waals surface area contributed by atoms with Gasteiger partial charge in [-0.05, 0) is 54.6 Å². The lowest BCUT2D eigenvalue weighted by Crippen LogP contribution is -2.64. The van der Waals surface area contributed by atoms with Crippen molar-refractivity contribution < 1.29 is 258 Å². The summed E-state index contributed by atoms with van der Waals surface area (Å²) in [6.45, 7) is -3.14. The topological polar surface area (TPSA) is 877 Å². The second-order valence-electron chi connectivity index (χ2n) is 30.7. The number of fused-ring (bicyclic) bond motifs is 18. The molecule has 4 saturated heterocycles. The fourth-order valence-electron chi connectivity index (χ4n) is 16.5. The highest BCUT2D eigenvalue weighted by Gasteiger charge is 2.62. The number of phenolic OH excluding ortho intramolecular Hbond substituents is 17. The molecule has 4 fully saturated rings. The van der Waals surface area contributed by atoms with Gasteiger partial charge in [0, 0.05) is 40.7 Å². The molecule has 0 aromatic heterocycles. The molecule has 6 aliphatic heterocycles. The maximum absolute atomic E-state index is 16.2. The summed E-state index contributed by atoms with van der Waals surface area (Å²) in [4.78, 5) is 151. The highest BCUT2D eigenvalue weighted by Crippen LogP contribution is 2.61. The third-order valence-corrected chi connectivity index (χ3v) is 22.9. The standard InChI is InChI=1S/C82H62O52/c83-23-1-14(2-24(84)45(23)93)71(112)133-81-70-68(130-77(118)20-9-30(90)50(98)57(105)39(20)41-22(79(120)132-70)11-32(92)52(100)59(41)107)65-35(126-81)13-123-74(115)17-6-27(87)53(101)60(108)42(17)43-44(80(121)128-65)66(63(111)62(110)61(43)109)124-33-4-15(3-25(85)46(33)94)72(113)134-82-69-67(129-76(117)19-8-29(89)49(97)56(104)38(19)40-21(78(119)131-69)10-31(91)51(99)58(40)106)64-34(125-82)12-122-73(114)16-5-26(86)47(95)54(102)36(16)37-18(75(116)127-64)7-28(88)48(96)55(37)103/h1-7,10-11,19-20,34-35,40-41,58-59,64-65,67-70,81-111H,8-9,12-13H2. The van der Waals surface area contributed by atoms with E-state index in [4.69, 9.17) is 61.6 Å². The minimum absolute atomic E-state index is 0.196. The maximum Gasteiger partial charge on any atom is 0.343 e. The predicted molar refractivity (Wildman–Crippen MR) is 411 cm³/mol. The molecule has 29 N–H and O–H groups in total. The lowest BCUT2D eigenvalue weighted by Gasteiger charge is -2.45. The number of allylic oxidation sites excluding steroid dienone is 4. The molecule has 16 atom stereocenters. The van der Waals surface area contributed by atoms with Gasteiger partial charge in [0.25, 0.3) is 0 Å². The van der Waals surface area contributed by atoms with Gasteiger partial charge in [-0.25, -0.2) is 38.4 Å². The Labute approximate surface area is 737 Å². The van der Waals surface area contributed by atoms with Crippen molar-refractivity contribution in [1.29, 1.82) is 0 Å². The van der Waals surface area contributed by atoms with Crippen molar-refractivity contribution in [1.82, 2.24) is 0 Å². The van der Waals surface area contributed by atoms with Crippen LogP contribution < -0.4 is 4.74 Å². The zero-order chi connectivity index (χ0) is 97.2. The fraction of sp³-hybridized carbons (Fsp3) is 0.244. The zero-order valence-corrected chi connectivity index (χ0v) is 66.1. The quantitative estimate of drug-likeness (QED) is 0.0647. The van der Waals surface area contributed by atoms with Crippen LogP contribution >= 0.6 is 0 Å². The second-order valence-corrected chi connectivity index (χ2v) is 30.7. The number of hydrogen-bond donors (Lipinski definition) is 29. The average Bonchev–Trinajstić information content (AvgIpc) is 0.912. The number of carbonyl (C=O) groups excluding carboxylic acids is 10. The molecule has 6 aromatic carbocycles. The monoisotopic (exact) mass is 1880 g/mol. The Hall–Kier alpha value is -17.8. The Bertz CT molecular complexity index is 6560. The van der Waals surface area contributed by atoms with Gasteiger partial charge in [0.15, 0.2) is 145 Å². The van der Waals surface area contributed by atoms with E-state index in [1.165, 1.54) is 0 Å². The van der Waals surface area contributed by atoms with E-state index in [-0.39, 0.29) is 24.3 Å². The van der Waals surface area contributed by atoms with E-state index < -0.39 is 428 Å². The van der Waals surface area contributed by atoms with Crippen LogP contribution in [0.25, 0.3) is 22.3 Å². The number of esters is 10. The predicted octanol–water partition coefficient (Wildman–Crippen LogP) is 2.85. The van der Waals surface area contributed by atoms with E-state index in [2.05, 4.69) is 0 Å². The molecule has 16 unspecified atom stereocenters.